The Morgan fingerprint density at radius 3 is 3.16 bits per heavy atom. The summed E-state index contributed by atoms with van der Waals surface area (Å²) in [6.07, 6.45) is 5.59. The van der Waals surface area contributed by atoms with Gasteiger partial charge in [-0.2, -0.15) is 4.98 Å². The number of rotatable bonds is 5. The molecule has 3 aromatic rings. The first-order valence-electron chi connectivity index (χ1n) is 6.23. The maximum atomic E-state index is 5.26. The summed E-state index contributed by atoms with van der Waals surface area (Å²) in [4.78, 5) is 9.89. The molecule has 0 saturated heterocycles. The molecule has 6 heteroatoms. The lowest BCUT2D eigenvalue weighted by Crippen LogP contribution is -2.01. The van der Waals surface area contributed by atoms with Gasteiger partial charge in [0.1, 0.15) is 12.4 Å². The summed E-state index contributed by atoms with van der Waals surface area (Å²) in [6.45, 7) is 2.66. The van der Waals surface area contributed by atoms with Crippen LogP contribution in [-0.2, 0) is 13.0 Å². The van der Waals surface area contributed by atoms with Crippen LogP contribution >= 0.6 is 11.3 Å². The Balaban J connectivity index is 1.81. The molecule has 0 unspecified atom stereocenters. The van der Waals surface area contributed by atoms with Crippen molar-refractivity contribution in [2.24, 2.45) is 0 Å². The average molecular weight is 274 g/mol. The highest BCUT2D eigenvalue weighted by molar-refractivity contribution is 7.13. The fourth-order valence-electron chi connectivity index (χ4n) is 1.89. The lowest BCUT2D eigenvalue weighted by Gasteiger charge is -2.02. The summed E-state index contributed by atoms with van der Waals surface area (Å²) in [5.41, 5.74) is 0. The predicted octanol–water partition coefficient (Wildman–Crippen LogP) is 3.00. The first-order valence-corrected chi connectivity index (χ1v) is 7.11. The van der Waals surface area contributed by atoms with E-state index >= 15 is 0 Å². The summed E-state index contributed by atoms with van der Waals surface area (Å²) in [6, 6.07) is 4.07. The van der Waals surface area contributed by atoms with Crippen molar-refractivity contribution >= 4 is 11.3 Å². The molecule has 5 nitrogen and oxygen atoms in total. The molecule has 0 N–H and O–H groups in total. The van der Waals surface area contributed by atoms with Gasteiger partial charge in [0.15, 0.2) is 5.82 Å². The van der Waals surface area contributed by atoms with E-state index in [2.05, 4.69) is 28.1 Å². The molecule has 0 amide bonds. The van der Waals surface area contributed by atoms with Crippen LogP contribution in [-0.4, -0.2) is 19.7 Å². The van der Waals surface area contributed by atoms with E-state index in [4.69, 9.17) is 4.52 Å². The van der Waals surface area contributed by atoms with Crippen LogP contribution in [0.25, 0.3) is 10.7 Å². The molecule has 0 atom stereocenters. The van der Waals surface area contributed by atoms with E-state index in [0.29, 0.717) is 12.4 Å². The second-order valence-electron chi connectivity index (χ2n) is 4.21. The van der Waals surface area contributed by atoms with Crippen LogP contribution in [0.4, 0.5) is 0 Å². The normalized spacial score (nSPS) is 11.0. The lowest BCUT2D eigenvalue weighted by atomic mass is 10.3. The number of nitrogens with zero attached hydrogens (tertiary/aromatic N) is 4. The van der Waals surface area contributed by atoms with Crippen LogP contribution in [0.5, 0.6) is 0 Å². The molecular weight excluding hydrogens is 260 g/mol. The Hall–Kier alpha value is -1.95. The van der Waals surface area contributed by atoms with Crippen molar-refractivity contribution in [1.29, 1.82) is 0 Å². The van der Waals surface area contributed by atoms with E-state index in [-0.39, 0.29) is 0 Å². The van der Waals surface area contributed by atoms with E-state index < -0.39 is 0 Å². The monoisotopic (exact) mass is 274 g/mol. The van der Waals surface area contributed by atoms with Crippen molar-refractivity contribution in [3.05, 3.63) is 41.6 Å². The number of aromatic nitrogens is 4. The van der Waals surface area contributed by atoms with Crippen LogP contribution < -0.4 is 0 Å². The van der Waals surface area contributed by atoms with Gasteiger partial charge in [-0.15, -0.1) is 11.3 Å². The van der Waals surface area contributed by atoms with Gasteiger partial charge in [0.05, 0.1) is 4.88 Å². The Morgan fingerprint density at radius 1 is 1.42 bits per heavy atom. The summed E-state index contributed by atoms with van der Waals surface area (Å²) < 4.78 is 7.28. The molecule has 0 spiro atoms. The summed E-state index contributed by atoms with van der Waals surface area (Å²) >= 11 is 1.67. The van der Waals surface area contributed by atoms with Gasteiger partial charge in [0, 0.05) is 18.8 Å². The van der Waals surface area contributed by atoms with Crippen LogP contribution in [0.1, 0.15) is 25.1 Å². The zero-order valence-electron chi connectivity index (χ0n) is 10.6. The molecular formula is C13H14N4OS. The van der Waals surface area contributed by atoms with Crippen LogP contribution in [0, 0.1) is 0 Å². The third kappa shape index (κ3) is 2.58. The lowest BCUT2D eigenvalue weighted by molar-refractivity contribution is 0.366. The van der Waals surface area contributed by atoms with Crippen molar-refractivity contribution in [2.45, 2.75) is 26.3 Å². The van der Waals surface area contributed by atoms with Crippen molar-refractivity contribution in [3.63, 3.8) is 0 Å². The zero-order valence-corrected chi connectivity index (χ0v) is 11.4. The topological polar surface area (TPSA) is 56.7 Å². The first-order chi connectivity index (χ1) is 9.36. The molecule has 98 valence electrons. The maximum Gasteiger partial charge on any atom is 0.246 e. The minimum atomic E-state index is 0.559. The van der Waals surface area contributed by atoms with Crippen LogP contribution in [0.3, 0.4) is 0 Å². The van der Waals surface area contributed by atoms with E-state index in [9.17, 15) is 0 Å². The Kier molecular flexibility index (Phi) is 3.41. The smallest absolute Gasteiger partial charge is 0.246 e. The zero-order chi connectivity index (χ0) is 13.1. The number of hydrogen-bond acceptors (Lipinski definition) is 5. The quantitative estimate of drug-likeness (QED) is 0.717. The Morgan fingerprint density at radius 2 is 2.37 bits per heavy atom. The van der Waals surface area contributed by atoms with Crippen molar-refractivity contribution < 1.29 is 4.52 Å². The molecule has 0 aliphatic rings. The van der Waals surface area contributed by atoms with Gasteiger partial charge in [0.25, 0.3) is 0 Å². The minimum absolute atomic E-state index is 0.559. The highest BCUT2D eigenvalue weighted by Crippen LogP contribution is 2.23. The number of hydrogen-bond donors (Lipinski definition) is 0. The molecule has 0 radical (unpaired) electrons. The predicted molar refractivity (Wildman–Crippen MR) is 72.9 cm³/mol. The van der Waals surface area contributed by atoms with E-state index in [0.717, 1.165) is 29.4 Å². The van der Waals surface area contributed by atoms with E-state index in [1.54, 1.807) is 17.5 Å². The molecule has 0 saturated carbocycles. The standard InChI is InChI=1S/C13H14N4OS/c1-2-4-11-15-12(18-16-11)9-17-7-6-14-13(17)10-5-3-8-19-10/h3,5-8H,2,4,9H2,1H3. The van der Waals surface area contributed by atoms with Gasteiger partial charge in [0.2, 0.25) is 5.89 Å². The summed E-state index contributed by atoms with van der Waals surface area (Å²) in [7, 11) is 0. The fourth-order valence-corrected chi connectivity index (χ4v) is 2.63. The maximum absolute atomic E-state index is 5.26. The number of thiophene rings is 1. The molecule has 3 aromatic heterocycles. The number of imidazole rings is 1. The molecule has 0 fully saturated rings. The third-order valence-electron chi connectivity index (χ3n) is 2.75. The van der Waals surface area contributed by atoms with Crippen LogP contribution in [0.15, 0.2) is 34.4 Å². The largest absolute Gasteiger partial charge is 0.337 e. The molecule has 3 heterocycles. The highest BCUT2D eigenvalue weighted by Gasteiger charge is 2.11. The molecule has 0 aliphatic carbocycles. The Bertz CT molecular complexity index is 641. The van der Waals surface area contributed by atoms with Gasteiger partial charge in [-0.25, -0.2) is 4.98 Å². The van der Waals surface area contributed by atoms with Gasteiger partial charge < -0.3 is 9.09 Å². The molecule has 0 aromatic carbocycles. The first kappa shape index (κ1) is 12.1. The fraction of sp³-hybridized carbons (Fsp3) is 0.308. The minimum Gasteiger partial charge on any atom is -0.337 e. The Labute approximate surface area is 114 Å². The van der Waals surface area contributed by atoms with Crippen LogP contribution in [0.2, 0.25) is 0 Å². The van der Waals surface area contributed by atoms with Gasteiger partial charge in [-0.1, -0.05) is 18.1 Å². The molecule has 3 rings (SSSR count). The summed E-state index contributed by atoms with van der Waals surface area (Å²) in [5, 5.41) is 6.00. The summed E-state index contributed by atoms with van der Waals surface area (Å²) in [5.74, 6) is 2.33. The van der Waals surface area contributed by atoms with Crippen molar-refractivity contribution in [2.75, 3.05) is 0 Å². The van der Waals surface area contributed by atoms with Gasteiger partial charge >= 0.3 is 0 Å². The van der Waals surface area contributed by atoms with E-state index in [1.165, 1.54) is 0 Å². The van der Waals surface area contributed by atoms with Crippen molar-refractivity contribution in [1.82, 2.24) is 19.7 Å². The van der Waals surface area contributed by atoms with Crippen molar-refractivity contribution in [3.8, 4) is 10.7 Å². The number of aryl methyl sites for hydroxylation is 1. The molecule has 0 bridgehead atoms. The molecule has 0 aliphatic heterocycles. The average Bonchev–Trinajstić information content (AvgIpc) is 3.11. The van der Waals surface area contributed by atoms with Gasteiger partial charge in [-0.05, 0) is 17.9 Å². The second-order valence-corrected chi connectivity index (χ2v) is 5.16. The highest BCUT2D eigenvalue weighted by atomic mass is 32.1. The van der Waals surface area contributed by atoms with Gasteiger partial charge in [-0.3, -0.25) is 0 Å². The third-order valence-corrected chi connectivity index (χ3v) is 3.61. The second kappa shape index (κ2) is 5.36. The molecule has 19 heavy (non-hydrogen) atoms. The SMILES string of the molecule is CCCc1noc(Cn2ccnc2-c2cccs2)n1. The van der Waals surface area contributed by atoms with E-state index in [1.807, 2.05) is 22.2 Å².